The lowest BCUT2D eigenvalue weighted by atomic mass is 10.2. The predicted octanol–water partition coefficient (Wildman–Crippen LogP) is 3.58. The molecule has 0 aliphatic rings. The molecule has 1 atom stereocenters. The Morgan fingerprint density at radius 3 is 2.89 bits per heavy atom. The van der Waals surface area contributed by atoms with Crippen LogP contribution in [0, 0.1) is 12.3 Å². The van der Waals surface area contributed by atoms with Crippen LogP contribution in [0.25, 0.3) is 10.9 Å². The van der Waals surface area contributed by atoms with E-state index in [0.717, 1.165) is 16.5 Å². The fourth-order valence-corrected chi connectivity index (χ4v) is 1.92. The number of terminal acetylenes is 1. The first kappa shape index (κ1) is 11.4. The van der Waals surface area contributed by atoms with Gasteiger partial charge in [-0.25, -0.2) is 0 Å². The van der Waals surface area contributed by atoms with Gasteiger partial charge < -0.3 is 9.15 Å². The number of ether oxygens (including phenoxy) is 1. The standard InChI is InChI=1S/C16H11NO2/c1-2-14(13-8-10-18-11-13)19-15-7-3-5-12-6-4-9-17-16(12)15/h1,3-11,14H. The lowest BCUT2D eigenvalue weighted by Gasteiger charge is -2.13. The summed E-state index contributed by atoms with van der Waals surface area (Å²) in [7, 11) is 0. The lowest BCUT2D eigenvalue weighted by Crippen LogP contribution is -2.04. The Bertz CT molecular complexity index is 721. The molecule has 19 heavy (non-hydrogen) atoms. The van der Waals surface area contributed by atoms with Crippen molar-refractivity contribution in [1.29, 1.82) is 0 Å². The van der Waals surface area contributed by atoms with Gasteiger partial charge in [-0.1, -0.05) is 24.1 Å². The van der Waals surface area contributed by atoms with E-state index in [0.29, 0.717) is 5.75 Å². The number of aromatic nitrogens is 1. The van der Waals surface area contributed by atoms with Gasteiger partial charge in [-0.05, 0) is 18.2 Å². The van der Waals surface area contributed by atoms with Crippen LogP contribution in [-0.2, 0) is 0 Å². The molecule has 2 heterocycles. The Morgan fingerprint density at radius 2 is 2.11 bits per heavy atom. The van der Waals surface area contributed by atoms with Crippen LogP contribution >= 0.6 is 0 Å². The topological polar surface area (TPSA) is 35.3 Å². The van der Waals surface area contributed by atoms with E-state index >= 15 is 0 Å². The van der Waals surface area contributed by atoms with E-state index in [9.17, 15) is 0 Å². The van der Waals surface area contributed by atoms with Crippen LogP contribution in [0.1, 0.15) is 11.7 Å². The highest BCUT2D eigenvalue weighted by Crippen LogP contribution is 2.28. The third-order valence-corrected chi connectivity index (χ3v) is 2.84. The Balaban J connectivity index is 1.99. The largest absolute Gasteiger partial charge is 0.472 e. The van der Waals surface area contributed by atoms with Crippen molar-refractivity contribution in [1.82, 2.24) is 4.98 Å². The number of rotatable bonds is 3. The molecule has 1 unspecified atom stereocenters. The zero-order valence-electron chi connectivity index (χ0n) is 10.1. The molecule has 0 fully saturated rings. The van der Waals surface area contributed by atoms with Crippen LogP contribution in [0.15, 0.2) is 59.5 Å². The normalized spacial score (nSPS) is 11.9. The second-order valence-electron chi connectivity index (χ2n) is 4.05. The van der Waals surface area contributed by atoms with Crippen molar-refractivity contribution in [2.45, 2.75) is 6.10 Å². The minimum absolute atomic E-state index is 0.480. The molecule has 0 saturated carbocycles. The zero-order chi connectivity index (χ0) is 13.1. The van der Waals surface area contributed by atoms with Crippen LogP contribution in [0.5, 0.6) is 5.75 Å². The minimum Gasteiger partial charge on any atom is -0.472 e. The molecule has 3 heteroatoms. The molecule has 0 bridgehead atoms. The van der Waals surface area contributed by atoms with E-state index in [2.05, 4.69) is 10.9 Å². The monoisotopic (exact) mass is 249 g/mol. The number of para-hydroxylation sites is 1. The number of pyridine rings is 1. The van der Waals surface area contributed by atoms with E-state index in [4.69, 9.17) is 15.6 Å². The summed E-state index contributed by atoms with van der Waals surface area (Å²) >= 11 is 0. The van der Waals surface area contributed by atoms with Crippen LogP contribution in [0.2, 0.25) is 0 Å². The Kier molecular flexibility index (Phi) is 2.91. The van der Waals surface area contributed by atoms with Crippen molar-refractivity contribution < 1.29 is 9.15 Å². The van der Waals surface area contributed by atoms with E-state index in [1.807, 2.05) is 30.3 Å². The first-order chi connectivity index (χ1) is 9.38. The molecule has 3 rings (SSSR count). The smallest absolute Gasteiger partial charge is 0.187 e. The van der Waals surface area contributed by atoms with Crippen molar-refractivity contribution in [3.05, 3.63) is 60.7 Å². The highest BCUT2D eigenvalue weighted by molar-refractivity contribution is 5.84. The van der Waals surface area contributed by atoms with Gasteiger partial charge in [0.2, 0.25) is 0 Å². The second-order valence-corrected chi connectivity index (χ2v) is 4.05. The molecule has 2 aromatic heterocycles. The summed E-state index contributed by atoms with van der Waals surface area (Å²) in [6.07, 6.45) is 9.93. The minimum atomic E-state index is -0.480. The van der Waals surface area contributed by atoms with Crippen LogP contribution in [-0.4, -0.2) is 4.98 Å². The first-order valence-electron chi connectivity index (χ1n) is 5.87. The van der Waals surface area contributed by atoms with Gasteiger partial charge in [0.15, 0.2) is 6.10 Å². The van der Waals surface area contributed by atoms with Gasteiger partial charge in [0.1, 0.15) is 11.3 Å². The molecule has 3 nitrogen and oxygen atoms in total. The molecule has 92 valence electrons. The fraction of sp³-hybridized carbons (Fsp3) is 0.0625. The number of hydrogen-bond acceptors (Lipinski definition) is 3. The van der Waals surface area contributed by atoms with Gasteiger partial charge >= 0.3 is 0 Å². The quantitative estimate of drug-likeness (QED) is 0.665. The maximum absolute atomic E-state index is 5.86. The molecule has 0 aliphatic heterocycles. The average Bonchev–Trinajstić information content (AvgIpc) is 2.99. The van der Waals surface area contributed by atoms with Crippen LogP contribution in [0.4, 0.5) is 0 Å². The summed E-state index contributed by atoms with van der Waals surface area (Å²) in [5, 5.41) is 1.02. The molecule has 0 amide bonds. The number of hydrogen-bond donors (Lipinski definition) is 0. The van der Waals surface area contributed by atoms with Crippen molar-refractivity contribution >= 4 is 10.9 Å². The van der Waals surface area contributed by atoms with Gasteiger partial charge in [0.05, 0.1) is 12.5 Å². The summed E-state index contributed by atoms with van der Waals surface area (Å²) in [6, 6.07) is 11.4. The van der Waals surface area contributed by atoms with E-state index in [1.54, 1.807) is 24.8 Å². The average molecular weight is 249 g/mol. The molecular formula is C16H11NO2. The van der Waals surface area contributed by atoms with Gasteiger partial charge in [-0.15, -0.1) is 6.42 Å². The molecule has 0 radical (unpaired) electrons. The summed E-state index contributed by atoms with van der Waals surface area (Å²) in [5.74, 6) is 3.28. The molecule has 1 aromatic carbocycles. The predicted molar refractivity (Wildman–Crippen MR) is 72.7 cm³/mol. The van der Waals surface area contributed by atoms with Crippen LogP contribution in [0.3, 0.4) is 0 Å². The zero-order valence-corrected chi connectivity index (χ0v) is 10.1. The van der Waals surface area contributed by atoms with E-state index in [-0.39, 0.29) is 0 Å². The Hall–Kier alpha value is -2.73. The summed E-state index contributed by atoms with van der Waals surface area (Å²) < 4.78 is 10.9. The van der Waals surface area contributed by atoms with E-state index < -0.39 is 6.10 Å². The molecule has 0 aliphatic carbocycles. The second kappa shape index (κ2) is 4.87. The SMILES string of the molecule is C#CC(Oc1cccc2cccnc12)c1ccoc1. The first-order valence-corrected chi connectivity index (χ1v) is 5.87. The van der Waals surface area contributed by atoms with E-state index in [1.165, 1.54) is 0 Å². The fourth-order valence-electron chi connectivity index (χ4n) is 1.92. The molecule has 0 saturated heterocycles. The summed E-state index contributed by atoms with van der Waals surface area (Å²) in [5.41, 5.74) is 1.61. The lowest BCUT2D eigenvalue weighted by molar-refractivity contribution is 0.266. The maximum Gasteiger partial charge on any atom is 0.187 e. The van der Waals surface area contributed by atoms with Crippen molar-refractivity contribution in [2.75, 3.05) is 0 Å². The molecule has 0 N–H and O–H groups in total. The maximum atomic E-state index is 5.86. The summed E-state index contributed by atoms with van der Waals surface area (Å²) in [4.78, 5) is 4.33. The Morgan fingerprint density at radius 1 is 1.21 bits per heavy atom. The van der Waals surface area contributed by atoms with Crippen LogP contribution < -0.4 is 4.74 Å². The number of fused-ring (bicyclic) bond motifs is 1. The molecular weight excluding hydrogens is 238 g/mol. The van der Waals surface area contributed by atoms with Crippen molar-refractivity contribution in [3.63, 3.8) is 0 Å². The molecule has 0 spiro atoms. The van der Waals surface area contributed by atoms with Gasteiger partial charge in [0.25, 0.3) is 0 Å². The number of nitrogens with zero attached hydrogens (tertiary/aromatic N) is 1. The van der Waals surface area contributed by atoms with Crippen molar-refractivity contribution in [3.8, 4) is 18.1 Å². The number of furan rings is 1. The summed E-state index contributed by atoms with van der Waals surface area (Å²) in [6.45, 7) is 0. The number of benzene rings is 1. The highest BCUT2D eigenvalue weighted by atomic mass is 16.5. The van der Waals surface area contributed by atoms with Gasteiger partial charge in [0, 0.05) is 17.1 Å². The molecule has 3 aromatic rings. The third kappa shape index (κ3) is 2.16. The van der Waals surface area contributed by atoms with Gasteiger partial charge in [-0.2, -0.15) is 0 Å². The highest BCUT2D eigenvalue weighted by Gasteiger charge is 2.13. The third-order valence-electron chi connectivity index (χ3n) is 2.84. The Labute approximate surface area is 110 Å². The van der Waals surface area contributed by atoms with Gasteiger partial charge in [-0.3, -0.25) is 4.98 Å². The van der Waals surface area contributed by atoms with Crippen molar-refractivity contribution in [2.24, 2.45) is 0 Å².